The first kappa shape index (κ1) is 32.5. The number of carbonyl (C=O) groups excluding carboxylic acids is 3. The van der Waals surface area contributed by atoms with E-state index < -0.39 is 17.1 Å². The largest absolute Gasteiger partial charge is 0.325 e. The van der Waals surface area contributed by atoms with E-state index in [0.717, 1.165) is 37.3 Å². The van der Waals surface area contributed by atoms with E-state index in [0.29, 0.717) is 11.3 Å². The van der Waals surface area contributed by atoms with Crippen LogP contribution in [0.5, 0.6) is 0 Å². The molecule has 1 unspecified atom stereocenters. The number of halogens is 1. The molecule has 0 aromatic heterocycles. The van der Waals surface area contributed by atoms with Crippen LogP contribution in [0.25, 0.3) is 6.08 Å². The minimum absolute atomic E-state index is 0.0873. The van der Waals surface area contributed by atoms with Crippen LogP contribution in [0.2, 0.25) is 0 Å². The monoisotopic (exact) mass is 689 g/mol. The first-order valence-corrected chi connectivity index (χ1v) is 16.3. The molecule has 0 saturated carbocycles. The first-order chi connectivity index (χ1) is 22.2. The average molecular weight is 691 g/mol. The van der Waals surface area contributed by atoms with E-state index >= 15 is 0 Å². The summed E-state index contributed by atoms with van der Waals surface area (Å²) in [5.41, 5.74) is 5.51. The number of carbonyl (C=O) groups is 3. The quantitative estimate of drug-likeness (QED) is 0.101. The Morgan fingerprint density at radius 2 is 1.43 bits per heavy atom. The molecule has 46 heavy (non-hydrogen) atoms. The van der Waals surface area contributed by atoms with E-state index in [1.54, 1.807) is 36.4 Å². The van der Waals surface area contributed by atoms with Gasteiger partial charge in [0.15, 0.2) is 0 Å². The highest BCUT2D eigenvalue weighted by atomic mass is 79.9. The lowest BCUT2D eigenvalue weighted by Crippen LogP contribution is -2.30. The van der Waals surface area contributed by atoms with Crippen molar-refractivity contribution in [1.82, 2.24) is 5.32 Å². The molecule has 6 nitrogen and oxygen atoms in total. The molecule has 0 heterocycles. The van der Waals surface area contributed by atoms with Crippen LogP contribution in [-0.4, -0.2) is 17.7 Å². The smallest absolute Gasteiger partial charge is 0.272 e. The predicted molar refractivity (Wildman–Crippen MR) is 191 cm³/mol. The molecule has 5 rings (SSSR count). The van der Waals surface area contributed by atoms with Crippen LogP contribution in [0.15, 0.2) is 142 Å². The van der Waals surface area contributed by atoms with Gasteiger partial charge in [-0.05, 0) is 85.1 Å². The lowest BCUT2D eigenvalue weighted by atomic mass is 10.1. The van der Waals surface area contributed by atoms with Crippen LogP contribution in [-0.2, 0) is 9.59 Å². The van der Waals surface area contributed by atoms with Crippen LogP contribution in [0.3, 0.4) is 0 Å². The van der Waals surface area contributed by atoms with Gasteiger partial charge in [-0.1, -0.05) is 100 Å². The van der Waals surface area contributed by atoms with Gasteiger partial charge in [-0.25, -0.2) is 0 Å². The fraction of sp³-hybridized carbons (Fsp3) is 0.0789. The summed E-state index contributed by atoms with van der Waals surface area (Å²) < 4.78 is 0.898. The number of aryl methyl sites for hydroxylation is 2. The third-order valence-corrected chi connectivity index (χ3v) is 8.81. The number of anilines is 2. The summed E-state index contributed by atoms with van der Waals surface area (Å²) in [6.45, 7) is 3.99. The molecule has 0 radical (unpaired) electrons. The molecule has 3 amide bonds. The highest BCUT2D eigenvalue weighted by Crippen LogP contribution is 2.37. The standard InChI is InChI=1S/C38H32BrN3O3S/c1-25-16-21-33(26(2)22-25)41-38(45)35(28-10-5-3-6-11-28)46-32-15-9-14-31(24-32)40-37(44)34(23-27-17-19-30(39)20-18-27)42-36(43)29-12-7-4-8-13-29/h3-24,35H,1-2H3,(H,40,44)(H,41,45)(H,42,43)/b34-23+. The molecule has 5 aromatic carbocycles. The lowest BCUT2D eigenvalue weighted by molar-refractivity contribution is -0.116. The highest BCUT2D eigenvalue weighted by Gasteiger charge is 2.23. The molecule has 0 fully saturated rings. The fourth-order valence-corrected chi connectivity index (χ4v) is 6.05. The minimum atomic E-state index is -0.550. The number of amides is 3. The van der Waals surface area contributed by atoms with E-state index in [1.165, 1.54) is 11.8 Å². The number of rotatable bonds is 10. The molecular formula is C38H32BrN3O3S. The second kappa shape index (κ2) is 15.4. The molecular weight excluding hydrogens is 658 g/mol. The van der Waals surface area contributed by atoms with Crippen molar-refractivity contribution in [2.24, 2.45) is 0 Å². The van der Waals surface area contributed by atoms with Crippen molar-refractivity contribution in [2.45, 2.75) is 24.0 Å². The maximum Gasteiger partial charge on any atom is 0.272 e. The minimum Gasteiger partial charge on any atom is -0.325 e. The van der Waals surface area contributed by atoms with Gasteiger partial charge in [0.05, 0.1) is 0 Å². The second-order valence-corrected chi connectivity index (χ2v) is 12.7. The van der Waals surface area contributed by atoms with Crippen molar-refractivity contribution in [3.8, 4) is 0 Å². The van der Waals surface area contributed by atoms with E-state index in [4.69, 9.17) is 0 Å². The van der Waals surface area contributed by atoms with Gasteiger partial charge in [0.2, 0.25) is 5.91 Å². The molecule has 5 aromatic rings. The third-order valence-electron chi connectivity index (χ3n) is 7.04. The molecule has 0 aliphatic rings. The Hall–Kier alpha value is -4.92. The molecule has 230 valence electrons. The Morgan fingerprint density at radius 1 is 0.739 bits per heavy atom. The van der Waals surface area contributed by atoms with Crippen LogP contribution >= 0.6 is 27.7 Å². The molecule has 1 atom stereocenters. The Kier molecular flexibility index (Phi) is 10.9. The van der Waals surface area contributed by atoms with Crippen molar-refractivity contribution < 1.29 is 14.4 Å². The van der Waals surface area contributed by atoms with Crippen molar-refractivity contribution >= 4 is 62.9 Å². The van der Waals surface area contributed by atoms with Crippen LogP contribution in [0, 0.1) is 13.8 Å². The van der Waals surface area contributed by atoms with Crippen molar-refractivity contribution in [2.75, 3.05) is 10.6 Å². The van der Waals surface area contributed by atoms with Gasteiger partial charge >= 0.3 is 0 Å². The topological polar surface area (TPSA) is 87.3 Å². The maximum atomic E-state index is 13.7. The van der Waals surface area contributed by atoms with Gasteiger partial charge in [0, 0.05) is 26.3 Å². The molecule has 0 bridgehead atoms. The first-order valence-electron chi connectivity index (χ1n) is 14.6. The van der Waals surface area contributed by atoms with Gasteiger partial charge in [-0.3, -0.25) is 14.4 Å². The summed E-state index contributed by atoms with van der Waals surface area (Å²) in [7, 11) is 0. The summed E-state index contributed by atoms with van der Waals surface area (Å²) >= 11 is 4.82. The van der Waals surface area contributed by atoms with Crippen molar-refractivity contribution in [3.05, 3.63) is 165 Å². The van der Waals surface area contributed by atoms with Crippen molar-refractivity contribution in [1.29, 1.82) is 0 Å². The fourth-order valence-electron chi connectivity index (χ4n) is 4.70. The Balaban J connectivity index is 1.38. The molecule has 0 spiro atoms. The summed E-state index contributed by atoms with van der Waals surface area (Å²) in [6.07, 6.45) is 1.63. The third kappa shape index (κ3) is 8.84. The molecule has 0 aliphatic heterocycles. The summed E-state index contributed by atoms with van der Waals surface area (Å²) in [5.74, 6) is -1.04. The Bertz CT molecular complexity index is 1880. The van der Waals surface area contributed by atoms with E-state index in [9.17, 15) is 14.4 Å². The van der Waals surface area contributed by atoms with E-state index in [-0.39, 0.29) is 11.6 Å². The van der Waals surface area contributed by atoms with Gasteiger partial charge in [0.25, 0.3) is 11.8 Å². The molecule has 8 heteroatoms. The Labute approximate surface area is 281 Å². The summed E-state index contributed by atoms with van der Waals surface area (Å²) in [4.78, 5) is 41.1. The van der Waals surface area contributed by atoms with Gasteiger partial charge in [0.1, 0.15) is 10.9 Å². The zero-order valence-electron chi connectivity index (χ0n) is 25.3. The average Bonchev–Trinajstić information content (AvgIpc) is 3.06. The van der Waals surface area contributed by atoms with Gasteiger partial charge < -0.3 is 16.0 Å². The zero-order chi connectivity index (χ0) is 32.5. The number of thioether (sulfide) groups is 1. The normalized spacial score (nSPS) is 11.8. The molecule has 0 saturated heterocycles. The van der Waals surface area contributed by atoms with Crippen LogP contribution in [0.1, 0.15) is 37.9 Å². The number of benzene rings is 5. The van der Waals surface area contributed by atoms with Crippen LogP contribution < -0.4 is 16.0 Å². The van der Waals surface area contributed by atoms with Gasteiger partial charge in [-0.2, -0.15) is 0 Å². The van der Waals surface area contributed by atoms with E-state index in [1.807, 2.05) is 111 Å². The predicted octanol–water partition coefficient (Wildman–Crippen LogP) is 8.95. The van der Waals surface area contributed by atoms with E-state index in [2.05, 4.69) is 31.9 Å². The number of nitrogens with one attached hydrogen (secondary N) is 3. The summed E-state index contributed by atoms with van der Waals surface area (Å²) in [5, 5.41) is 8.24. The van der Waals surface area contributed by atoms with Gasteiger partial charge in [-0.15, -0.1) is 11.8 Å². The maximum absolute atomic E-state index is 13.7. The molecule has 3 N–H and O–H groups in total. The Morgan fingerprint density at radius 3 is 2.13 bits per heavy atom. The zero-order valence-corrected chi connectivity index (χ0v) is 27.7. The van der Waals surface area contributed by atoms with Crippen LogP contribution in [0.4, 0.5) is 11.4 Å². The summed E-state index contributed by atoms with van der Waals surface area (Å²) in [6, 6.07) is 39.0. The van der Waals surface area contributed by atoms with Crippen molar-refractivity contribution in [3.63, 3.8) is 0 Å². The second-order valence-electron chi connectivity index (χ2n) is 10.6. The molecule has 0 aliphatic carbocycles. The number of hydrogen-bond acceptors (Lipinski definition) is 4. The highest BCUT2D eigenvalue weighted by molar-refractivity contribution is 9.10. The number of hydrogen-bond donors (Lipinski definition) is 3. The lowest BCUT2D eigenvalue weighted by Gasteiger charge is -2.19. The SMILES string of the molecule is Cc1ccc(NC(=O)C(Sc2cccc(NC(=O)/C(=C\c3ccc(Br)cc3)NC(=O)c3ccccc3)c2)c2ccccc2)c(C)c1.